The number of guanidine groups is 1. The molecule has 176 valence electrons. The van der Waals surface area contributed by atoms with Crippen molar-refractivity contribution in [1.82, 2.24) is 20.1 Å². The lowest BCUT2D eigenvalue weighted by Crippen LogP contribution is -2.50. The van der Waals surface area contributed by atoms with Crippen LogP contribution in [0, 0.1) is 5.92 Å². The van der Waals surface area contributed by atoms with E-state index in [1.807, 2.05) is 29.3 Å². The normalized spacial score (nSPS) is 18.0. The summed E-state index contributed by atoms with van der Waals surface area (Å²) in [6, 6.07) is 5.92. The van der Waals surface area contributed by atoms with Gasteiger partial charge in [0.15, 0.2) is 5.96 Å². The van der Waals surface area contributed by atoms with Crippen LogP contribution < -0.4 is 5.32 Å². The Bertz CT molecular complexity index is 920. The third kappa shape index (κ3) is 6.08. The number of piperidine rings is 1. The van der Waals surface area contributed by atoms with Crippen LogP contribution in [-0.4, -0.2) is 79.1 Å². The molecule has 1 aromatic heterocycles. The minimum absolute atomic E-state index is 0. The first-order valence-corrected chi connectivity index (χ1v) is 11.7. The standard InChI is InChI=1S/C23H32ClN5O2.HI/c1-2-25-23(26-8-5-18-16-27-21-4-3-19(24)15-20(18)21)29-9-6-17(7-10-29)22(30)28-11-13-31-14-12-28;/h3-4,15-17,27H,2,5-14H2,1H3,(H,25,26);1H. The number of aliphatic imine (C=N–C) groups is 1. The van der Waals surface area contributed by atoms with Crippen molar-refractivity contribution >= 4 is 58.3 Å². The van der Waals surface area contributed by atoms with Gasteiger partial charge in [0, 0.05) is 67.3 Å². The molecule has 9 heteroatoms. The average Bonchev–Trinajstić information content (AvgIpc) is 3.21. The molecule has 1 aromatic carbocycles. The zero-order valence-corrected chi connectivity index (χ0v) is 21.7. The molecule has 0 unspecified atom stereocenters. The summed E-state index contributed by atoms with van der Waals surface area (Å²) in [4.78, 5) is 25.2. The van der Waals surface area contributed by atoms with Gasteiger partial charge in [-0.3, -0.25) is 9.79 Å². The highest BCUT2D eigenvalue weighted by Gasteiger charge is 2.30. The van der Waals surface area contributed by atoms with Crippen LogP contribution in [0.2, 0.25) is 5.02 Å². The minimum atomic E-state index is 0. The fraction of sp³-hybridized carbons (Fsp3) is 0.565. The number of benzene rings is 1. The quantitative estimate of drug-likeness (QED) is 0.326. The van der Waals surface area contributed by atoms with Crippen LogP contribution in [0.3, 0.4) is 0 Å². The van der Waals surface area contributed by atoms with E-state index in [2.05, 4.69) is 22.1 Å². The van der Waals surface area contributed by atoms with Crippen molar-refractivity contribution in [2.45, 2.75) is 26.2 Å². The van der Waals surface area contributed by atoms with Gasteiger partial charge in [-0.15, -0.1) is 24.0 Å². The second-order valence-electron chi connectivity index (χ2n) is 8.19. The van der Waals surface area contributed by atoms with Crippen LogP contribution in [0.15, 0.2) is 29.4 Å². The lowest BCUT2D eigenvalue weighted by atomic mass is 9.95. The Morgan fingerprint density at radius 2 is 1.97 bits per heavy atom. The number of carbonyl (C=O) groups excluding carboxylic acids is 1. The highest BCUT2D eigenvalue weighted by Crippen LogP contribution is 2.23. The third-order valence-electron chi connectivity index (χ3n) is 6.17. The van der Waals surface area contributed by atoms with Crippen LogP contribution in [-0.2, 0) is 16.0 Å². The number of H-pyrrole nitrogens is 1. The predicted molar refractivity (Wildman–Crippen MR) is 140 cm³/mol. The highest BCUT2D eigenvalue weighted by atomic mass is 127. The summed E-state index contributed by atoms with van der Waals surface area (Å²) in [6.07, 6.45) is 4.65. The van der Waals surface area contributed by atoms with Gasteiger partial charge in [0.1, 0.15) is 0 Å². The van der Waals surface area contributed by atoms with Crippen LogP contribution >= 0.6 is 35.6 Å². The number of aromatic nitrogens is 1. The number of morpholine rings is 1. The summed E-state index contributed by atoms with van der Waals surface area (Å²) in [5, 5.41) is 5.33. The van der Waals surface area contributed by atoms with Gasteiger partial charge in [0.2, 0.25) is 5.91 Å². The van der Waals surface area contributed by atoms with Crippen LogP contribution in [0.5, 0.6) is 0 Å². The first kappa shape index (κ1) is 25.1. The molecule has 2 fully saturated rings. The molecule has 0 spiro atoms. The topological polar surface area (TPSA) is 73.0 Å². The molecule has 2 aromatic rings. The molecule has 0 atom stereocenters. The van der Waals surface area contributed by atoms with E-state index in [0.717, 1.165) is 73.9 Å². The first-order chi connectivity index (χ1) is 15.2. The minimum Gasteiger partial charge on any atom is -0.378 e. The van der Waals surface area contributed by atoms with E-state index in [1.165, 1.54) is 5.56 Å². The third-order valence-corrected chi connectivity index (χ3v) is 6.41. The maximum Gasteiger partial charge on any atom is 0.225 e. The van der Waals surface area contributed by atoms with Crippen molar-refractivity contribution in [2.24, 2.45) is 10.9 Å². The molecule has 32 heavy (non-hydrogen) atoms. The van der Waals surface area contributed by atoms with Gasteiger partial charge >= 0.3 is 0 Å². The summed E-state index contributed by atoms with van der Waals surface area (Å²) >= 11 is 6.17. The molecule has 7 nitrogen and oxygen atoms in total. The molecule has 0 bridgehead atoms. The zero-order valence-electron chi connectivity index (χ0n) is 18.6. The molecule has 4 rings (SSSR count). The highest BCUT2D eigenvalue weighted by molar-refractivity contribution is 14.0. The Kier molecular flexibility index (Phi) is 9.48. The molecule has 3 heterocycles. The van der Waals surface area contributed by atoms with Gasteiger partial charge < -0.3 is 24.8 Å². The molecule has 2 N–H and O–H groups in total. The lowest BCUT2D eigenvalue weighted by molar-refractivity contribution is -0.140. The van der Waals surface area contributed by atoms with E-state index < -0.39 is 0 Å². The largest absolute Gasteiger partial charge is 0.378 e. The number of hydrogen-bond acceptors (Lipinski definition) is 3. The van der Waals surface area contributed by atoms with E-state index in [1.54, 1.807) is 0 Å². The number of fused-ring (bicyclic) bond motifs is 1. The van der Waals surface area contributed by atoms with Crippen molar-refractivity contribution in [2.75, 3.05) is 52.5 Å². The number of ether oxygens (including phenoxy) is 1. The molecular weight excluding hydrogens is 541 g/mol. The Hall–Kier alpha value is -1.52. The molecule has 2 saturated heterocycles. The number of rotatable bonds is 5. The van der Waals surface area contributed by atoms with Gasteiger partial charge in [-0.25, -0.2) is 0 Å². The van der Waals surface area contributed by atoms with Crippen LogP contribution in [0.1, 0.15) is 25.3 Å². The van der Waals surface area contributed by atoms with Gasteiger partial charge in [-0.1, -0.05) is 11.6 Å². The van der Waals surface area contributed by atoms with E-state index >= 15 is 0 Å². The summed E-state index contributed by atoms with van der Waals surface area (Å²) in [5.74, 6) is 1.36. The second kappa shape index (κ2) is 12.1. The smallest absolute Gasteiger partial charge is 0.225 e. The molecular formula is C23H33ClIN5O2. The van der Waals surface area contributed by atoms with E-state index in [0.29, 0.717) is 25.7 Å². The van der Waals surface area contributed by atoms with E-state index in [4.69, 9.17) is 21.3 Å². The van der Waals surface area contributed by atoms with Gasteiger partial charge in [0.25, 0.3) is 0 Å². The number of likely N-dealkylation sites (tertiary alicyclic amines) is 1. The Labute approximate surface area is 211 Å². The summed E-state index contributed by atoms with van der Waals surface area (Å²) in [5.41, 5.74) is 2.33. The maximum absolute atomic E-state index is 12.8. The van der Waals surface area contributed by atoms with Gasteiger partial charge in [-0.2, -0.15) is 0 Å². The first-order valence-electron chi connectivity index (χ1n) is 11.3. The van der Waals surface area contributed by atoms with Crippen molar-refractivity contribution in [3.05, 3.63) is 35.0 Å². The Morgan fingerprint density at radius 3 is 2.69 bits per heavy atom. The van der Waals surface area contributed by atoms with Crippen molar-refractivity contribution in [1.29, 1.82) is 0 Å². The van der Waals surface area contributed by atoms with E-state index in [9.17, 15) is 4.79 Å². The van der Waals surface area contributed by atoms with Crippen LogP contribution in [0.4, 0.5) is 0 Å². The van der Waals surface area contributed by atoms with Gasteiger partial charge in [0.05, 0.1) is 13.2 Å². The molecule has 2 aliphatic rings. The number of nitrogens with zero attached hydrogens (tertiary/aromatic N) is 3. The molecule has 0 saturated carbocycles. The average molecular weight is 574 g/mol. The monoisotopic (exact) mass is 573 g/mol. The Balaban J connectivity index is 0.00000289. The number of hydrogen-bond donors (Lipinski definition) is 2. The lowest BCUT2D eigenvalue weighted by Gasteiger charge is -2.36. The molecule has 1 amide bonds. The SMILES string of the molecule is CCNC(=NCCc1c[nH]c2ccc(Cl)cc12)N1CCC(C(=O)N2CCOCC2)CC1.I. The fourth-order valence-corrected chi connectivity index (χ4v) is 4.62. The molecule has 2 aliphatic heterocycles. The zero-order chi connectivity index (χ0) is 21.6. The van der Waals surface area contributed by atoms with Crippen molar-refractivity contribution in [3.8, 4) is 0 Å². The van der Waals surface area contributed by atoms with Crippen molar-refractivity contribution in [3.63, 3.8) is 0 Å². The fourth-order valence-electron chi connectivity index (χ4n) is 4.45. The molecule has 0 radical (unpaired) electrons. The summed E-state index contributed by atoms with van der Waals surface area (Å²) in [6.45, 7) is 8.10. The second-order valence-corrected chi connectivity index (χ2v) is 8.62. The van der Waals surface area contributed by atoms with Crippen molar-refractivity contribution < 1.29 is 9.53 Å². The van der Waals surface area contributed by atoms with Crippen LogP contribution in [0.25, 0.3) is 10.9 Å². The number of amides is 1. The maximum atomic E-state index is 12.8. The molecule has 0 aliphatic carbocycles. The predicted octanol–water partition coefficient (Wildman–Crippen LogP) is 3.52. The van der Waals surface area contributed by atoms with Gasteiger partial charge in [-0.05, 0) is 49.9 Å². The Morgan fingerprint density at radius 1 is 1.22 bits per heavy atom. The number of aromatic amines is 1. The number of carbonyl (C=O) groups is 1. The van der Waals surface area contributed by atoms with E-state index in [-0.39, 0.29) is 29.9 Å². The summed E-state index contributed by atoms with van der Waals surface area (Å²) < 4.78 is 5.37. The number of halogens is 2. The summed E-state index contributed by atoms with van der Waals surface area (Å²) in [7, 11) is 0. The number of nitrogens with one attached hydrogen (secondary N) is 2.